The van der Waals surface area contributed by atoms with Gasteiger partial charge in [0, 0.05) is 28.5 Å². The Morgan fingerprint density at radius 1 is 1.16 bits per heavy atom. The number of nitrogens with one attached hydrogen (secondary N) is 1. The summed E-state index contributed by atoms with van der Waals surface area (Å²) in [6.45, 7) is 1.91. The normalized spacial score (nSPS) is 19.9. The second-order valence-corrected chi connectivity index (χ2v) is 9.07. The van der Waals surface area contributed by atoms with Crippen LogP contribution in [0.25, 0.3) is 0 Å². The largest absolute Gasteiger partial charge is 0.504 e. The number of fused-ring (bicyclic) bond motifs is 1. The third-order valence-electron chi connectivity index (χ3n) is 6.38. The summed E-state index contributed by atoms with van der Waals surface area (Å²) in [7, 11) is 1.52. The number of aromatic hydroxyl groups is 1. The van der Waals surface area contributed by atoms with E-state index >= 15 is 0 Å². The number of phenolic OH excluding ortho intramolecular Hbond substituents is 1. The molecule has 1 aromatic heterocycles. The molecule has 2 unspecified atom stereocenters. The van der Waals surface area contributed by atoms with Gasteiger partial charge in [0.15, 0.2) is 17.3 Å². The molecule has 0 saturated heterocycles. The van der Waals surface area contributed by atoms with E-state index in [1.54, 1.807) is 17.8 Å². The number of carbonyl (C=O) groups excluding carboxylic acids is 1. The van der Waals surface area contributed by atoms with Crippen LogP contribution in [0.15, 0.2) is 63.2 Å². The fourth-order valence-electron chi connectivity index (χ4n) is 4.79. The summed E-state index contributed by atoms with van der Waals surface area (Å²) in [6.07, 6.45) is 3.10. The Morgan fingerprint density at radius 3 is 2.62 bits per heavy atom. The van der Waals surface area contributed by atoms with Crippen LogP contribution in [0, 0.1) is 6.92 Å². The van der Waals surface area contributed by atoms with Crippen molar-refractivity contribution < 1.29 is 19.2 Å². The molecule has 2 atom stereocenters. The number of aromatic nitrogens is 1. The fraction of sp³-hybridized carbons (Fsp3) is 0.280. The maximum absolute atomic E-state index is 13.5. The lowest BCUT2D eigenvalue weighted by molar-refractivity contribution is -0.116. The van der Waals surface area contributed by atoms with Gasteiger partial charge >= 0.3 is 0 Å². The van der Waals surface area contributed by atoms with Crippen molar-refractivity contribution in [3.05, 3.63) is 76.1 Å². The predicted molar refractivity (Wildman–Crippen MR) is 124 cm³/mol. The first-order valence-electron chi connectivity index (χ1n) is 10.5. The average molecular weight is 449 g/mol. The lowest BCUT2D eigenvalue weighted by atomic mass is 9.72. The maximum Gasteiger partial charge on any atom is 0.233 e. The number of aryl methyl sites for hydroxylation is 1. The van der Waals surface area contributed by atoms with Crippen molar-refractivity contribution >= 4 is 23.4 Å². The fourth-order valence-corrected chi connectivity index (χ4v) is 5.19. The minimum Gasteiger partial charge on any atom is -0.504 e. The molecule has 2 N–H and O–H groups in total. The number of rotatable bonds is 4. The second kappa shape index (κ2) is 8.06. The average Bonchev–Trinajstić information content (AvgIpc) is 3.18. The Hall–Kier alpha value is -3.19. The maximum atomic E-state index is 13.5. The Kier molecular flexibility index (Phi) is 5.21. The lowest BCUT2D eigenvalue weighted by Gasteiger charge is -2.34. The third-order valence-corrected chi connectivity index (χ3v) is 7.13. The summed E-state index contributed by atoms with van der Waals surface area (Å²) < 4.78 is 10.9. The molecule has 32 heavy (non-hydrogen) atoms. The van der Waals surface area contributed by atoms with E-state index in [1.165, 1.54) is 12.0 Å². The van der Waals surface area contributed by atoms with Crippen LogP contribution >= 0.6 is 11.8 Å². The minimum absolute atomic E-state index is 0.0201. The van der Waals surface area contributed by atoms with Crippen LogP contribution in [0.2, 0.25) is 0 Å². The molecule has 1 aliphatic heterocycles. The number of thioether (sulfide) groups is 1. The number of hydrogen-bond donors (Lipinski definition) is 2. The van der Waals surface area contributed by atoms with Gasteiger partial charge in [-0.2, -0.15) is 0 Å². The van der Waals surface area contributed by atoms with Crippen molar-refractivity contribution in [1.82, 2.24) is 5.16 Å². The van der Waals surface area contributed by atoms with E-state index < -0.39 is 0 Å². The highest BCUT2D eigenvalue weighted by Crippen LogP contribution is 2.49. The van der Waals surface area contributed by atoms with E-state index in [2.05, 4.69) is 34.7 Å². The molecule has 5 rings (SSSR count). The summed E-state index contributed by atoms with van der Waals surface area (Å²) in [6, 6.07) is 13.6. The molecule has 164 valence electrons. The first-order valence-corrected chi connectivity index (χ1v) is 11.7. The molecule has 0 saturated carbocycles. The smallest absolute Gasteiger partial charge is 0.233 e. The Morgan fingerprint density at radius 2 is 1.91 bits per heavy atom. The van der Waals surface area contributed by atoms with Gasteiger partial charge in [-0.05, 0) is 60.9 Å². The number of benzene rings is 2. The molecule has 1 aliphatic carbocycles. The van der Waals surface area contributed by atoms with E-state index in [0.717, 1.165) is 33.7 Å². The zero-order valence-electron chi connectivity index (χ0n) is 18.1. The molecule has 0 fully saturated rings. The number of allylic oxidation sites excluding steroid dienone is 2. The van der Waals surface area contributed by atoms with Crippen LogP contribution in [-0.2, 0) is 4.79 Å². The Bertz CT molecular complexity index is 1230. The van der Waals surface area contributed by atoms with Gasteiger partial charge in [0.05, 0.1) is 18.4 Å². The van der Waals surface area contributed by atoms with Gasteiger partial charge < -0.3 is 19.7 Å². The van der Waals surface area contributed by atoms with Crippen molar-refractivity contribution in [2.24, 2.45) is 0 Å². The highest BCUT2D eigenvalue weighted by molar-refractivity contribution is 7.98. The van der Waals surface area contributed by atoms with Gasteiger partial charge in [-0.1, -0.05) is 23.4 Å². The van der Waals surface area contributed by atoms with Crippen molar-refractivity contribution in [1.29, 1.82) is 0 Å². The number of hydrogen-bond acceptors (Lipinski definition) is 7. The summed E-state index contributed by atoms with van der Waals surface area (Å²) >= 11 is 1.69. The topological polar surface area (TPSA) is 84.6 Å². The predicted octanol–water partition coefficient (Wildman–Crippen LogP) is 5.38. The van der Waals surface area contributed by atoms with Crippen LogP contribution in [0.4, 0.5) is 5.88 Å². The number of ether oxygens (including phenoxy) is 1. The number of ketones is 1. The summed E-state index contributed by atoms with van der Waals surface area (Å²) in [5.74, 6) is 0.994. The number of Topliss-reactive ketones (excluding diaryl/α,β-unsaturated/α-hetero) is 1. The molecule has 0 amide bonds. The number of carbonyl (C=O) groups is 1. The number of methoxy groups -OCH3 is 1. The van der Waals surface area contributed by atoms with Crippen molar-refractivity contribution in [3.8, 4) is 11.5 Å². The van der Waals surface area contributed by atoms with E-state index in [4.69, 9.17) is 9.26 Å². The van der Waals surface area contributed by atoms with Gasteiger partial charge in [0.2, 0.25) is 5.88 Å². The summed E-state index contributed by atoms with van der Waals surface area (Å²) in [5, 5.41) is 17.5. The molecule has 2 aromatic carbocycles. The van der Waals surface area contributed by atoms with Gasteiger partial charge in [-0.3, -0.25) is 4.79 Å². The number of anilines is 1. The zero-order valence-corrected chi connectivity index (χ0v) is 19.0. The molecule has 0 radical (unpaired) electrons. The van der Waals surface area contributed by atoms with Crippen LogP contribution in [-0.4, -0.2) is 29.4 Å². The quantitative estimate of drug-likeness (QED) is 0.519. The third kappa shape index (κ3) is 3.37. The van der Waals surface area contributed by atoms with Gasteiger partial charge in [0.1, 0.15) is 0 Å². The Labute approximate surface area is 190 Å². The molecular formula is C25H24N2O4S. The standard InChI is InChI=1S/C25H24N2O4S/c1-13-22-23(14-4-7-17(32-3)8-5-14)24-18(26-25(22)31-27-13)10-16(11-20(24)29)15-6-9-19(28)21(12-15)30-2/h4-9,12,16,23,26,28H,10-11H2,1-3H3. The molecule has 2 aliphatic rings. The van der Waals surface area contributed by atoms with Crippen LogP contribution in [0.1, 0.15) is 47.1 Å². The van der Waals surface area contributed by atoms with Crippen LogP contribution in [0.3, 0.4) is 0 Å². The molecule has 0 bridgehead atoms. The van der Waals surface area contributed by atoms with Gasteiger partial charge in [-0.15, -0.1) is 11.8 Å². The highest BCUT2D eigenvalue weighted by atomic mass is 32.2. The van der Waals surface area contributed by atoms with E-state index in [-0.39, 0.29) is 23.4 Å². The first-order chi connectivity index (χ1) is 15.5. The molecule has 7 heteroatoms. The SMILES string of the molecule is COc1cc(C2CC(=O)C3=C(C2)Nc2onc(C)c2C3c2ccc(SC)cc2)ccc1O. The number of phenols is 1. The van der Waals surface area contributed by atoms with E-state index in [1.807, 2.05) is 25.3 Å². The summed E-state index contributed by atoms with van der Waals surface area (Å²) in [4.78, 5) is 14.7. The highest BCUT2D eigenvalue weighted by Gasteiger charge is 2.41. The molecule has 3 aromatic rings. The zero-order chi connectivity index (χ0) is 22.4. The van der Waals surface area contributed by atoms with Crippen LogP contribution < -0.4 is 10.1 Å². The molecule has 0 spiro atoms. The monoisotopic (exact) mass is 448 g/mol. The van der Waals surface area contributed by atoms with Crippen molar-refractivity contribution in [2.75, 3.05) is 18.7 Å². The van der Waals surface area contributed by atoms with Crippen LogP contribution in [0.5, 0.6) is 11.5 Å². The molecular weight excluding hydrogens is 424 g/mol. The first kappa shape index (κ1) is 20.7. The molecule has 2 heterocycles. The van der Waals surface area contributed by atoms with E-state index in [0.29, 0.717) is 24.5 Å². The lowest BCUT2D eigenvalue weighted by Crippen LogP contribution is -2.29. The summed E-state index contributed by atoms with van der Waals surface area (Å²) in [5.41, 5.74) is 5.41. The van der Waals surface area contributed by atoms with E-state index in [9.17, 15) is 9.90 Å². The molecule has 6 nitrogen and oxygen atoms in total. The van der Waals surface area contributed by atoms with Gasteiger partial charge in [0.25, 0.3) is 0 Å². The van der Waals surface area contributed by atoms with Gasteiger partial charge in [-0.25, -0.2) is 0 Å². The minimum atomic E-state index is -0.203. The second-order valence-electron chi connectivity index (χ2n) is 8.19. The van der Waals surface area contributed by atoms with Crippen molar-refractivity contribution in [3.63, 3.8) is 0 Å². The van der Waals surface area contributed by atoms with Crippen molar-refractivity contribution in [2.45, 2.75) is 36.5 Å². The number of nitrogens with zero attached hydrogens (tertiary/aromatic N) is 1. The Balaban J connectivity index is 1.58.